The number of aromatic nitrogens is 6. The van der Waals surface area contributed by atoms with Crippen LogP contribution in [0.3, 0.4) is 0 Å². The number of hydrogen-bond donors (Lipinski definition) is 1. The number of hydrogen-bond acceptors (Lipinski definition) is 5. The fourth-order valence-corrected chi connectivity index (χ4v) is 3.33. The Morgan fingerprint density at radius 3 is 2.64 bits per heavy atom. The Labute approximate surface area is 166 Å². The lowest BCUT2D eigenvalue weighted by atomic mass is 10.1. The minimum absolute atomic E-state index is 0.465. The molecule has 28 heavy (non-hydrogen) atoms. The summed E-state index contributed by atoms with van der Waals surface area (Å²) in [7, 11) is 0. The Balaban J connectivity index is 1.61. The molecule has 0 saturated carbocycles. The first-order chi connectivity index (χ1) is 13.5. The number of nitrogens with zero attached hydrogens (tertiary/aromatic N) is 6. The first-order valence-electron chi connectivity index (χ1n) is 8.70. The van der Waals surface area contributed by atoms with Crippen molar-refractivity contribution in [2.45, 2.75) is 20.4 Å². The van der Waals surface area contributed by atoms with Crippen molar-refractivity contribution in [1.29, 1.82) is 5.26 Å². The molecule has 7 nitrogen and oxygen atoms in total. The third kappa shape index (κ3) is 3.35. The zero-order chi connectivity index (χ0) is 19.7. The highest BCUT2D eigenvalue weighted by Gasteiger charge is 2.13. The Hall–Kier alpha value is -3.57. The molecule has 8 heteroatoms. The Morgan fingerprint density at radius 1 is 1.14 bits per heavy atom. The van der Waals surface area contributed by atoms with Crippen molar-refractivity contribution < 1.29 is 0 Å². The van der Waals surface area contributed by atoms with Crippen molar-refractivity contribution >= 4 is 12.2 Å². The molecule has 1 N–H and O–H groups in total. The SMILES string of the molecule is Cc1ccc(-n2[nH]cc(-c3nnn(Cc4ccc(C#N)cc4)n3)c2=S)c(C)c1. The monoisotopic (exact) mass is 387 g/mol. The highest BCUT2D eigenvalue weighted by atomic mass is 32.1. The zero-order valence-electron chi connectivity index (χ0n) is 15.4. The molecule has 0 aliphatic carbocycles. The van der Waals surface area contributed by atoms with Gasteiger partial charge in [-0.2, -0.15) is 10.1 Å². The minimum atomic E-state index is 0.465. The molecular formula is C20H17N7S. The van der Waals surface area contributed by atoms with E-state index in [1.165, 1.54) is 10.4 Å². The third-order valence-corrected chi connectivity index (χ3v) is 4.87. The molecule has 0 saturated heterocycles. The van der Waals surface area contributed by atoms with E-state index in [0.29, 0.717) is 22.6 Å². The normalized spacial score (nSPS) is 10.8. The zero-order valence-corrected chi connectivity index (χ0v) is 16.2. The summed E-state index contributed by atoms with van der Waals surface area (Å²) in [5, 5.41) is 24.8. The van der Waals surface area contributed by atoms with Crippen molar-refractivity contribution in [2.24, 2.45) is 0 Å². The lowest BCUT2D eigenvalue weighted by molar-refractivity contribution is 0.573. The molecule has 0 radical (unpaired) electrons. The van der Waals surface area contributed by atoms with Crippen molar-refractivity contribution in [3.63, 3.8) is 0 Å². The molecule has 0 spiro atoms. The first-order valence-corrected chi connectivity index (χ1v) is 9.11. The van der Waals surface area contributed by atoms with Crippen LogP contribution < -0.4 is 0 Å². The number of H-pyrrole nitrogens is 1. The standard InChI is InChI=1S/C20H17N7S/c1-13-3-8-18(14(2)9-13)27-20(28)17(11-22-27)19-23-25-26(24-19)12-16-6-4-15(10-21)5-7-16/h3-9,11,22H,12H2,1-2H3. The van der Waals surface area contributed by atoms with Gasteiger partial charge in [0.15, 0.2) is 0 Å². The van der Waals surface area contributed by atoms with Gasteiger partial charge in [-0.25, -0.2) is 4.68 Å². The van der Waals surface area contributed by atoms with Gasteiger partial charge in [0, 0.05) is 6.20 Å². The highest BCUT2D eigenvalue weighted by Crippen LogP contribution is 2.21. The van der Waals surface area contributed by atoms with Gasteiger partial charge in [-0.05, 0) is 48.4 Å². The fraction of sp³-hybridized carbons (Fsp3) is 0.150. The summed E-state index contributed by atoms with van der Waals surface area (Å²) in [6.45, 7) is 4.58. The average molecular weight is 387 g/mol. The van der Waals surface area contributed by atoms with Gasteiger partial charge in [0.25, 0.3) is 0 Å². The number of benzene rings is 2. The van der Waals surface area contributed by atoms with E-state index in [1.807, 2.05) is 22.9 Å². The Morgan fingerprint density at radius 2 is 1.93 bits per heavy atom. The molecule has 2 heterocycles. The Kier molecular flexibility index (Phi) is 4.59. The molecule has 138 valence electrons. The van der Waals surface area contributed by atoms with Crippen molar-refractivity contribution in [3.05, 3.63) is 75.6 Å². The summed E-state index contributed by atoms with van der Waals surface area (Å²) in [6.07, 6.45) is 1.80. The van der Waals surface area contributed by atoms with Crippen molar-refractivity contribution in [2.75, 3.05) is 0 Å². The lowest BCUT2D eigenvalue weighted by Crippen LogP contribution is -2.04. The third-order valence-electron chi connectivity index (χ3n) is 4.47. The number of tetrazole rings is 1. The number of nitriles is 1. The van der Waals surface area contributed by atoms with Crippen LogP contribution in [0.4, 0.5) is 0 Å². The fourth-order valence-electron chi connectivity index (χ4n) is 3.03. The van der Waals surface area contributed by atoms with E-state index in [1.54, 1.807) is 18.3 Å². The maximum atomic E-state index is 8.88. The first kappa shape index (κ1) is 17.8. The topological polar surface area (TPSA) is 88.1 Å². The van der Waals surface area contributed by atoms with Crippen LogP contribution in [0.2, 0.25) is 0 Å². The van der Waals surface area contributed by atoms with Gasteiger partial charge in [0.1, 0.15) is 4.64 Å². The van der Waals surface area contributed by atoms with Gasteiger partial charge < -0.3 is 0 Å². The van der Waals surface area contributed by atoms with E-state index in [9.17, 15) is 0 Å². The van der Waals surface area contributed by atoms with E-state index in [2.05, 4.69) is 52.6 Å². The molecule has 0 unspecified atom stereocenters. The second-order valence-corrected chi connectivity index (χ2v) is 6.96. The minimum Gasteiger partial charge on any atom is -0.299 e. The van der Waals surface area contributed by atoms with Gasteiger partial charge in [0.2, 0.25) is 5.82 Å². The highest BCUT2D eigenvalue weighted by molar-refractivity contribution is 7.71. The maximum absolute atomic E-state index is 8.88. The van der Waals surface area contributed by atoms with Gasteiger partial charge in [-0.1, -0.05) is 42.0 Å². The predicted octanol–water partition coefficient (Wildman–Crippen LogP) is 3.73. The summed E-state index contributed by atoms with van der Waals surface area (Å²) in [4.78, 5) is 1.51. The van der Waals surface area contributed by atoms with Crippen LogP contribution in [0.5, 0.6) is 0 Å². The number of aryl methyl sites for hydroxylation is 2. The van der Waals surface area contributed by atoms with Crippen molar-refractivity contribution in [3.8, 4) is 23.1 Å². The molecule has 2 aromatic heterocycles. The van der Waals surface area contributed by atoms with Crippen LogP contribution in [0.15, 0.2) is 48.7 Å². The second-order valence-electron chi connectivity index (χ2n) is 6.57. The van der Waals surface area contributed by atoms with Gasteiger partial charge >= 0.3 is 0 Å². The molecular weight excluding hydrogens is 370 g/mol. The molecule has 0 aliphatic heterocycles. The quantitative estimate of drug-likeness (QED) is 0.539. The number of aromatic amines is 1. The predicted molar refractivity (Wildman–Crippen MR) is 107 cm³/mol. The summed E-state index contributed by atoms with van der Waals surface area (Å²) in [5.41, 5.74) is 5.65. The van der Waals surface area contributed by atoms with E-state index in [0.717, 1.165) is 22.4 Å². The molecule has 0 fully saturated rings. The molecule has 0 atom stereocenters. The van der Waals surface area contributed by atoms with Gasteiger partial charge in [-0.15, -0.1) is 10.2 Å². The van der Waals surface area contributed by atoms with E-state index in [4.69, 9.17) is 17.5 Å². The molecule has 4 aromatic rings. The molecule has 0 bridgehead atoms. The average Bonchev–Trinajstić information content (AvgIpc) is 3.29. The number of rotatable bonds is 4. The van der Waals surface area contributed by atoms with Crippen LogP contribution in [0.25, 0.3) is 17.1 Å². The lowest BCUT2D eigenvalue weighted by Gasteiger charge is -2.07. The molecule has 0 amide bonds. The molecule has 4 rings (SSSR count). The summed E-state index contributed by atoms with van der Waals surface area (Å²) in [5.74, 6) is 0.471. The van der Waals surface area contributed by atoms with Crippen LogP contribution in [-0.2, 0) is 6.54 Å². The van der Waals surface area contributed by atoms with E-state index < -0.39 is 0 Å². The number of nitrogens with one attached hydrogen (secondary N) is 1. The smallest absolute Gasteiger partial charge is 0.209 e. The maximum Gasteiger partial charge on any atom is 0.209 e. The van der Waals surface area contributed by atoms with Crippen LogP contribution in [0, 0.1) is 29.8 Å². The van der Waals surface area contributed by atoms with Crippen LogP contribution in [-0.4, -0.2) is 30.0 Å². The van der Waals surface area contributed by atoms with Crippen LogP contribution in [0.1, 0.15) is 22.3 Å². The summed E-state index contributed by atoms with van der Waals surface area (Å²) < 4.78 is 2.45. The molecule has 2 aromatic carbocycles. The van der Waals surface area contributed by atoms with Crippen molar-refractivity contribution in [1.82, 2.24) is 30.0 Å². The van der Waals surface area contributed by atoms with Gasteiger partial charge in [0.05, 0.1) is 29.4 Å². The summed E-state index contributed by atoms with van der Waals surface area (Å²) in [6, 6.07) is 15.6. The van der Waals surface area contributed by atoms with Crippen LogP contribution >= 0.6 is 12.2 Å². The van der Waals surface area contributed by atoms with E-state index in [-0.39, 0.29) is 0 Å². The molecule has 0 aliphatic rings. The van der Waals surface area contributed by atoms with Gasteiger partial charge in [-0.3, -0.25) is 5.10 Å². The Bertz CT molecular complexity index is 1240. The van der Waals surface area contributed by atoms with E-state index >= 15 is 0 Å². The second kappa shape index (κ2) is 7.21. The summed E-state index contributed by atoms with van der Waals surface area (Å²) >= 11 is 5.63. The largest absolute Gasteiger partial charge is 0.299 e.